The molecule has 72 valence electrons. The molecule has 3 heteroatoms. The van der Waals surface area contributed by atoms with Crippen molar-refractivity contribution in [3.8, 4) is 5.95 Å². The topological polar surface area (TPSA) is 34.9 Å². The molecular weight excluding hydrogens is 180 g/mol. The predicted octanol–water partition coefficient (Wildman–Crippen LogP) is 2.21. The maximum absolute atomic E-state index is 5.47. The van der Waals surface area contributed by atoms with E-state index in [0.717, 1.165) is 17.6 Å². The summed E-state index contributed by atoms with van der Waals surface area (Å²) in [6.07, 6.45) is 0.267. The monoisotopic (exact) mass is 190 g/mol. The summed E-state index contributed by atoms with van der Waals surface area (Å²) in [4.78, 5) is 0. The minimum absolute atomic E-state index is 0.267. The smallest absolute Gasteiger partial charge is 0.285 e. The molecule has 0 spiro atoms. The van der Waals surface area contributed by atoms with Crippen LogP contribution < -0.4 is 4.74 Å². The van der Waals surface area contributed by atoms with Crippen LogP contribution in [0.4, 0.5) is 0 Å². The van der Waals surface area contributed by atoms with Gasteiger partial charge >= 0.3 is 0 Å². The van der Waals surface area contributed by atoms with Crippen molar-refractivity contribution in [1.29, 1.82) is 0 Å². The van der Waals surface area contributed by atoms with E-state index < -0.39 is 0 Å². The Morgan fingerprint density at radius 1 is 1.36 bits per heavy atom. The van der Waals surface area contributed by atoms with E-state index in [2.05, 4.69) is 0 Å². The van der Waals surface area contributed by atoms with E-state index in [1.165, 1.54) is 0 Å². The maximum Gasteiger partial charge on any atom is 0.285 e. The Bertz CT molecular complexity index is 409. The van der Waals surface area contributed by atoms with Crippen LogP contribution in [0.1, 0.15) is 0 Å². The van der Waals surface area contributed by atoms with Crippen LogP contribution in [0.25, 0.3) is 11.0 Å². The van der Waals surface area contributed by atoms with Crippen LogP contribution in [0.2, 0.25) is 0 Å². The minimum Gasteiger partial charge on any atom is -0.462 e. The van der Waals surface area contributed by atoms with Gasteiger partial charge in [0.2, 0.25) is 0 Å². The van der Waals surface area contributed by atoms with Gasteiger partial charge in [-0.25, -0.2) is 0 Å². The largest absolute Gasteiger partial charge is 0.462 e. The van der Waals surface area contributed by atoms with Crippen molar-refractivity contribution >= 4 is 11.0 Å². The minimum atomic E-state index is 0.267. The number of ether oxygens (including phenoxy) is 2. The van der Waals surface area contributed by atoms with Gasteiger partial charge in [0.05, 0.1) is 6.61 Å². The highest BCUT2D eigenvalue weighted by atomic mass is 16.6. The fraction of sp³-hybridized carbons (Fsp3) is 0.273. The van der Waals surface area contributed by atoms with Gasteiger partial charge in [-0.1, -0.05) is 18.2 Å². The lowest BCUT2D eigenvalue weighted by Gasteiger charge is -1.96. The molecule has 2 aromatic rings. The zero-order valence-electron chi connectivity index (χ0n) is 7.60. The van der Waals surface area contributed by atoms with E-state index in [0.29, 0.717) is 12.6 Å². The highest BCUT2D eigenvalue weighted by molar-refractivity contribution is 5.78. The molecule has 1 fully saturated rings. The molecule has 1 aliphatic heterocycles. The van der Waals surface area contributed by atoms with Crippen LogP contribution in [0, 0.1) is 0 Å². The first kappa shape index (κ1) is 7.88. The second kappa shape index (κ2) is 3.03. The van der Waals surface area contributed by atoms with Gasteiger partial charge < -0.3 is 13.9 Å². The van der Waals surface area contributed by atoms with Crippen LogP contribution in [0.15, 0.2) is 34.7 Å². The molecule has 0 amide bonds. The summed E-state index contributed by atoms with van der Waals surface area (Å²) in [5, 5.41) is 1.07. The van der Waals surface area contributed by atoms with Gasteiger partial charge in [0, 0.05) is 11.5 Å². The first-order valence-corrected chi connectivity index (χ1v) is 4.65. The second-order valence-corrected chi connectivity index (χ2v) is 3.37. The molecular formula is C11H10O3. The summed E-state index contributed by atoms with van der Waals surface area (Å²) in [7, 11) is 0. The van der Waals surface area contributed by atoms with Crippen LogP contribution >= 0.6 is 0 Å². The van der Waals surface area contributed by atoms with Gasteiger partial charge in [-0.15, -0.1) is 0 Å². The Kier molecular flexibility index (Phi) is 1.70. The molecule has 1 aromatic carbocycles. The summed E-state index contributed by atoms with van der Waals surface area (Å²) in [5.41, 5.74) is 0.860. The molecule has 3 nitrogen and oxygen atoms in total. The lowest BCUT2D eigenvalue weighted by atomic mass is 10.3. The zero-order chi connectivity index (χ0) is 9.38. The molecule has 0 saturated carbocycles. The number of benzene rings is 1. The van der Waals surface area contributed by atoms with Gasteiger partial charge in [-0.05, 0) is 6.07 Å². The molecule has 2 heterocycles. The Morgan fingerprint density at radius 3 is 3.00 bits per heavy atom. The number of hydrogen-bond donors (Lipinski definition) is 0. The highest BCUT2D eigenvalue weighted by Crippen LogP contribution is 2.25. The summed E-state index contributed by atoms with van der Waals surface area (Å²) < 4.78 is 15.9. The van der Waals surface area contributed by atoms with Crippen molar-refractivity contribution in [2.24, 2.45) is 0 Å². The molecule has 1 aliphatic rings. The SMILES string of the molecule is c1ccc2oc(OCC3CO3)cc2c1. The third-order valence-electron chi connectivity index (χ3n) is 2.22. The third-order valence-corrected chi connectivity index (χ3v) is 2.22. The van der Waals surface area contributed by atoms with E-state index in [4.69, 9.17) is 13.9 Å². The number of rotatable bonds is 3. The second-order valence-electron chi connectivity index (χ2n) is 3.37. The number of furan rings is 1. The average molecular weight is 190 g/mol. The van der Waals surface area contributed by atoms with Gasteiger partial charge in [0.15, 0.2) is 0 Å². The molecule has 0 aliphatic carbocycles. The van der Waals surface area contributed by atoms with Gasteiger partial charge in [-0.2, -0.15) is 0 Å². The van der Waals surface area contributed by atoms with Crippen LogP contribution in [-0.2, 0) is 4.74 Å². The Morgan fingerprint density at radius 2 is 2.21 bits per heavy atom. The van der Waals surface area contributed by atoms with E-state index in [-0.39, 0.29) is 6.10 Å². The van der Waals surface area contributed by atoms with Crippen LogP contribution in [-0.4, -0.2) is 19.3 Å². The first-order chi connectivity index (χ1) is 6.92. The van der Waals surface area contributed by atoms with Crippen molar-refractivity contribution in [3.63, 3.8) is 0 Å². The summed E-state index contributed by atoms with van der Waals surface area (Å²) in [6.45, 7) is 1.39. The molecule has 1 unspecified atom stereocenters. The molecule has 0 bridgehead atoms. The van der Waals surface area contributed by atoms with Crippen molar-refractivity contribution < 1.29 is 13.9 Å². The fourth-order valence-corrected chi connectivity index (χ4v) is 1.37. The third kappa shape index (κ3) is 1.46. The number of para-hydroxylation sites is 1. The quantitative estimate of drug-likeness (QED) is 0.696. The maximum atomic E-state index is 5.47. The van der Waals surface area contributed by atoms with Crippen molar-refractivity contribution in [3.05, 3.63) is 30.3 Å². The zero-order valence-corrected chi connectivity index (χ0v) is 7.60. The average Bonchev–Trinajstić information content (AvgIpc) is 2.94. The molecule has 1 atom stereocenters. The lowest BCUT2D eigenvalue weighted by molar-refractivity contribution is 0.218. The normalized spacial score (nSPS) is 19.9. The molecule has 3 rings (SSSR count). The van der Waals surface area contributed by atoms with E-state index in [1.807, 2.05) is 30.3 Å². The lowest BCUT2D eigenvalue weighted by Crippen LogP contribution is -2.02. The first-order valence-electron chi connectivity index (χ1n) is 4.65. The van der Waals surface area contributed by atoms with Crippen molar-refractivity contribution in [2.75, 3.05) is 13.2 Å². The Labute approximate surface area is 81.2 Å². The van der Waals surface area contributed by atoms with Crippen molar-refractivity contribution in [2.45, 2.75) is 6.10 Å². The Hall–Kier alpha value is -1.48. The van der Waals surface area contributed by atoms with Gasteiger partial charge in [0.1, 0.15) is 18.3 Å². The van der Waals surface area contributed by atoms with E-state index >= 15 is 0 Å². The highest BCUT2D eigenvalue weighted by Gasteiger charge is 2.23. The fourth-order valence-electron chi connectivity index (χ4n) is 1.37. The molecule has 0 N–H and O–H groups in total. The van der Waals surface area contributed by atoms with Crippen molar-refractivity contribution in [1.82, 2.24) is 0 Å². The molecule has 1 aromatic heterocycles. The number of fused-ring (bicyclic) bond motifs is 1. The van der Waals surface area contributed by atoms with Crippen LogP contribution in [0.5, 0.6) is 5.95 Å². The predicted molar refractivity (Wildman–Crippen MR) is 51.4 cm³/mol. The molecule has 1 saturated heterocycles. The van der Waals surface area contributed by atoms with E-state index in [9.17, 15) is 0 Å². The molecule has 0 radical (unpaired) electrons. The number of hydrogen-bond acceptors (Lipinski definition) is 3. The summed E-state index contributed by atoms with van der Waals surface area (Å²) >= 11 is 0. The summed E-state index contributed by atoms with van der Waals surface area (Å²) in [5.74, 6) is 0.571. The standard InChI is InChI=1S/C11H10O3/c1-2-4-10-8(3-1)5-11(14-10)13-7-9-6-12-9/h1-5,9H,6-7H2. The summed E-state index contributed by atoms with van der Waals surface area (Å²) in [6, 6.07) is 9.75. The van der Waals surface area contributed by atoms with Crippen LogP contribution in [0.3, 0.4) is 0 Å². The molecule has 14 heavy (non-hydrogen) atoms. The Balaban J connectivity index is 1.82. The van der Waals surface area contributed by atoms with Gasteiger partial charge in [-0.3, -0.25) is 0 Å². The van der Waals surface area contributed by atoms with Gasteiger partial charge in [0.25, 0.3) is 5.95 Å². The number of epoxide rings is 1. The van der Waals surface area contributed by atoms with E-state index in [1.54, 1.807) is 0 Å².